The molecule has 0 unspecified atom stereocenters. The van der Waals surface area contributed by atoms with E-state index in [9.17, 15) is 10.1 Å². The predicted molar refractivity (Wildman–Crippen MR) is 114 cm³/mol. The van der Waals surface area contributed by atoms with Crippen molar-refractivity contribution in [3.8, 4) is 23.3 Å². The van der Waals surface area contributed by atoms with Crippen LogP contribution < -0.4 is 19.5 Å². The van der Waals surface area contributed by atoms with Gasteiger partial charge in [-0.1, -0.05) is 18.5 Å². The molecule has 0 radical (unpaired) electrons. The zero-order chi connectivity index (χ0) is 21.2. The molecule has 152 valence electrons. The van der Waals surface area contributed by atoms with Crippen LogP contribution in [0.3, 0.4) is 0 Å². The van der Waals surface area contributed by atoms with Gasteiger partial charge in [-0.05, 0) is 61.4 Å². The molecular weight excluding hydrogens is 392 g/mol. The van der Waals surface area contributed by atoms with Gasteiger partial charge in [-0.2, -0.15) is 5.26 Å². The summed E-state index contributed by atoms with van der Waals surface area (Å²) in [4.78, 5) is 12.5. The third kappa shape index (κ3) is 6.16. The van der Waals surface area contributed by atoms with Crippen LogP contribution in [0.4, 0.5) is 5.69 Å². The van der Waals surface area contributed by atoms with E-state index < -0.39 is 5.91 Å². The fraction of sp³-hybridized carbons (Fsp3) is 0.273. The van der Waals surface area contributed by atoms with E-state index in [-0.39, 0.29) is 5.57 Å². The Morgan fingerprint density at radius 2 is 1.93 bits per heavy atom. The number of carbonyl (C=O) groups is 1. The maximum atomic E-state index is 12.5. The van der Waals surface area contributed by atoms with Gasteiger partial charge in [0.25, 0.3) is 5.91 Å². The topological polar surface area (TPSA) is 80.6 Å². The highest BCUT2D eigenvalue weighted by Crippen LogP contribution is 2.37. The Morgan fingerprint density at radius 3 is 2.52 bits per heavy atom. The van der Waals surface area contributed by atoms with Crippen molar-refractivity contribution in [2.75, 3.05) is 25.6 Å². The Labute approximate surface area is 175 Å². The van der Waals surface area contributed by atoms with Crippen molar-refractivity contribution in [2.24, 2.45) is 0 Å². The summed E-state index contributed by atoms with van der Waals surface area (Å²) in [5.41, 5.74) is 1.04. The maximum Gasteiger partial charge on any atom is 0.266 e. The second-order valence-electron chi connectivity index (χ2n) is 5.96. The lowest BCUT2D eigenvalue weighted by atomic mass is 10.1. The van der Waals surface area contributed by atoms with E-state index in [1.165, 1.54) is 6.08 Å². The number of methoxy groups -OCH3 is 1. The van der Waals surface area contributed by atoms with Gasteiger partial charge in [0.1, 0.15) is 17.4 Å². The van der Waals surface area contributed by atoms with E-state index in [2.05, 4.69) is 5.32 Å². The van der Waals surface area contributed by atoms with Crippen LogP contribution >= 0.6 is 11.6 Å². The number of benzene rings is 2. The molecule has 0 aromatic heterocycles. The van der Waals surface area contributed by atoms with E-state index in [1.54, 1.807) is 43.5 Å². The van der Waals surface area contributed by atoms with Gasteiger partial charge in [-0.3, -0.25) is 4.79 Å². The number of nitriles is 1. The lowest BCUT2D eigenvalue weighted by molar-refractivity contribution is -0.112. The molecule has 0 spiro atoms. The molecule has 2 rings (SSSR count). The molecule has 6 nitrogen and oxygen atoms in total. The van der Waals surface area contributed by atoms with Crippen LogP contribution in [0, 0.1) is 11.3 Å². The van der Waals surface area contributed by atoms with Crippen molar-refractivity contribution in [1.29, 1.82) is 5.26 Å². The third-order valence-corrected chi connectivity index (χ3v) is 4.09. The molecule has 0 aliphatic carbocycles. The van der Waals surface area contributed by atoms with Crippen LogP contribution in [0.2, 0.25) is 5.02 Å². The molecule has 0 heterocycles. The minimum atomic E-state index is -0.530. The number of hydrogen-bond donors (Lipinski definition) is 1. The van der Waals surface area contributed by atoms with E-state index >= 15 is 0 Å². The maximum absolute atomic E-state index is 12.5. The average Bonchev–Trinajstić information content (AvgIpc) is 2.72. The molecule has 7 heteroatoms. The molecule has 0 aliphatic heterocycles. The Bertz CT molecular complexity index is 918. The van der Waals surface area contributed by atoms with Crippen LogP contribution in [-0.2, 0) is 4.79 Å². The summed E-state index contributed by atoms with van der Waals surface area (Å²) in [5, 5.41) is 12.5. The highest BCUT2D eigenvalue weighted by atomic mass is 35.5. The molecule has 1 N–H and O–H groups in total. The lowest BCUT2D eigenvalue weighted by Gasteiger charge is -2.14. The van der Waals surface area contributed by atoms with Gasteiger partial charge in [-0.25, -0.2) is 0 Å². The van der Waals surface area contributed by atoms with Crippen molar-refractivity contribution in [3.05, 3.63) is 52.6 Å². The van der Waals surface area contributed by atoms with Gasteiger partial charge < -0.3 is 19.5 Å². The zero-order valence-corrected chi connectivity index (χ0v) is 17.4. The molecule has 0 fully saturated rings. The van der Waals surface area contributed by atoms with Gasteiger partial charge in [0, 0.05) is 5.69 Å². The quantitative estimate of drug-likeness (QED) is 0.457. The fourth-order valence-electron chi connectivity index (χ4n) is 2.47. The van der Waals surface area contributed by atoms with Gasteiger partial charge in [0.15, 0.2) is 11.5 Å². The smallest absolute Gasteiger partial charge is 0.266 e. The van der Waals surface area contributed by atoms with Gasteiger partial charge >= 0.3 is 0 Å². The van der Waals surface area contributed by atoms with Crippen LogP contribution in [0.15, 0.2) is 42.0 Å². The minimum Gasteiger partial charge on any atom is -0.497 e. The Balaban J connectivity index is 2.28. The highest BCUT2D eigenvalue weighted by Gasteiger charge is 2.14. The summed E-state index contributed by atoms with van der Waals surface area (Å²) in [7, 11) is 1.56. The SMILES string of the molecule is CCCOc1c(Cl)cc(/C=C(\C#N)C(=O)Nc2ccc(OC)cc2)cc1OCC. The van der Waals surface area contributed by atoms with Crippen LogP contribution in [0.1, 0.15) is 25.8 Å². The molecule has 0 atom stereocenters. The van der Waals surface area contributed by atoms with Crippen LogP contribution in [0.25, 0.3) is 6.08 Å². The summed E-state index contributed by atoms with van der Waals surface area (Å²) >= 11 is 6.34. The van der Waals surface area contributed by atoms with Gasteiger partial charge in [0.05, 0.1) is 25.3 Å². The first-order chi connectivity index (χ1) is 14.0. The highest BCUT2D eigenvalue weighted by molar-refractivity contribution is 6.32. The van der Waals surface area contributed by atoms with Crippen LogP contribution in [0.5, 0.6) is 17.2 Å². The average molecular weight is 415 g/mol. The minimum absolute atomic E-state index is 0.0680. The first kappa shape index (κ1) is 22.1. The summed E-state index contributed by atoms with van der Waals surface area (Å²) in [6.45, 7) is 4.77. The number of hydrogen-bond acceptors (Lipinski definition) is 5. The summed E-state index contributed by atoms with van der Waals surface area (Å²) < 4.78 is 16.4. The van der Waals surface area contributed by atoms with Gasteiger partial charge in [-0.15, -0.1) is 0 Å². The van der Waals surface area contributed by atoms with Crippen molar-refractivity contribution < 1.29 is 19.0 Å². The predicted octanol–water partition coefficient (Wildman–Crippen LogP) is 5.08. The molecule has 2 aromatic carbocycles. The molecule has 0 saturated carbocycles. The Kier molecular flexibility index (Phi) is 8.38. The first-order valence-electron chi connectivity index (χ1n) is 9.18. The summed E-state index contributed by atoms with van der Waals surface area (Å²) in [6, 6.07) is 12.1. The number of carbonyl (C=O) groups excluding carboxylic acids is 1. The summed E-state index contributed by atoms with van der Waals surface area (Å²) in [5.74, 6) is 1.06. The fourth-order valence-corrected chi connectivity index (χ4v) is 2.74. The van der Waals surface area contributed by atoms with Crippen LogP contribution in [-0.4, -0.2) is 26.2 Å². The second kappa shape index (κ2) is 11.0. The van der Waals surface area contributed by atoms with Crippen molar-refractivity contribution in [2.45, 2.75) is 20.3 Å². The number of rotatable bonds is 9. The number of amides is 1. The largest absolute Gasteiger partial charge is 0.497 e. The lowest BCUT2D eigenvalue weighted by Crippen LogP contribution is -2.13. The molecule has 29 heavy (non-hydrogen) atoms. The number of anilines is 1. The molecule has 2 aromatic rings. The van der Waals surface area contributed by atoms with E-state index in [0.29, 0.717) is 46.7 Å². The van der Waals surface area contributed by atoms with Crippen molar-refractivity contribution in [1.82, 2.24) is 0 Å². The molecule has 1 amide bonds. The van der Waals surface area contributed by atoms with Crippen molar-refractivity contribution >= 4 is 29.3 Å². The Hall–Kier alpha value is -3.17. The van der Waals surface area contributed by atoms with E-state index in [1.807, 2.05) is 19.9 Å². The standard InChI is InChI=1S/C22H23ClN2O4/c1-4-10-29-21-19(23)12-15(13-20(21)28-5-2)11-16(14-24)22(26)25-17-6-8-18(27-3)9-7-17/h6-9,11-13H,4-5,10H2,1-3H3,(H,25,26)/b16-11+. The molecule has 0 saturated heterocycles. The number of ether oxygens (including phenoxy) is 3. The molecule has 0 bridgehead atoms. The van der Waals surface area contributed by atoms with E-state index in [4.69, 9.17) is 25.8 Å². The second-order valence-corrected chi connectivity index (χ2v) is 6.37. The normalized spacial score (nSPS) is 10.8. The number of nitrogens with zero attached hydrogens (tertiary/aromatic N) is 1. The zero-order valence-electron chi connectivity index (χ0n) is 16.6. The Morgan fingerprint density at radius 1 is 1.21 bits per heavy atom. The number of halogens is 1. The van der Waals surface area contributed by atoms with Crippen molar-refractivity contribution in [3.63, 3.8) is 0 Å². The number of nitrogens with one attached hydrogen (secondary N) is 1. The monoisotopic (exact) mass is 414 g/mol. The molecular formula is C22H23ClN2O4. The summed E-state index contributed by atoms with van der Waals surface area (Å²) in [6.07, 6.45) is 2.28. The third-order valence-electron chi connectivity index (χ3n) is 3.81. The molecule has 0 aliphatic rings. The first-order valence-corrected chi connectivity index (χ1v) is 9.56. The van der Waals surface area contributed by atoms with E-state index in [0.717, 1.165) is 6.42 Å². The van der Waals surface area contributed by atoms with Gasteiger partial charge in [0.2, 0.25) is 0 Å².